The lowest BCUT2D eigenvalue weighted by Crippen LogP contribution is -2.52. The number of likely N-dealkylation sites (N-methyl/N-ethyl adjacent to an activating group) is 1. The fraction of sp³-hybridized carbons (Fsp3) is 0.643. The van der Waals surface area contributed by atoms with Crippen molar-refractivity contribution in [3.05, 3.63) is 23.7 Å². The van der Waals surface area contributed by atoms with Crippen LogP contribution in [0.4, 0.5) is 0 Å². The normalized spacial score (nSPS) is 17.8. The highest BCUT2D eigenvalue weighted by Crippen LogP contribution is 2.12. The topological polar surface area (TPSA) is 48.7 Å². The number of aryl methyl sites for hydroxylation is 1. The van der Waals surface area contributed by atoms with Gasteiger partial charge in [0.15, 0.2) is 0 Å². The van der Waals surface area contributed by atoms with E-state index in [0.29, 0.717) is 6.54 Å². The van der Waals surface area contributed by atoms with Crippen LogP contribution in [0.15, 0.2) is 16.5 Å². The summed E-state index contributed by atoms with van der Waals surface area (Å²) in [4.78, 5) is 16.3. The molecule has 1 N–H and O–H groups in total. The fourth-order valence-corrected chi connectivity index (χ4v) is 2.29. The van der Waals surface area contributed by atoms with E-state index in [1.54, 1.807) is 0 Å². The van der Waals surface area contributed by atoms with Crippen molar-refractivity contribution in [3.63, 3.8) is 0 Å². The maximum atomic E-state index is 12.4. The molecular formula is C14H23N3O2. The number of hydrogen-bond acceptors (Lipinski definition) is 4. The highest BCUT2D eigenvalue weighted by Gasteiger charge is 2.25. The van der Waals surface area contributed by atoms with Crippen LogP contribution in [-0.4, -0.2) is 55.0 Å². The van der Waals surface area contributed by atoms with Crippen LogP contribution >= 0.6 is 0 Å². The van der Waals surface area contributed by atoms with Gasteiger partial charge in [0.05, 0.1) is 12.6 Å². The Morgan fingerprint density at radius 1 is 1.47 bits per heavy atom. The van der Waals surface area contributed by atoms with Gasteiger partial charge in [-0.1, -0.05) is 0 Å². The molecule has 1 aromatic heterocycles. The quantitative estimate of drug-likeness (QED) is 0.876. The lowest BCUT2D eigenvalue weighted by Gasteiger charge is -2.32. The van der Waals surface area contributed by atoms with E-state index in [1.807, 2.05) is 42.8 Å². The Kier molecular flexibility index (Phi) is 4.61. The van der Waals surface area contributed by atoms with Crippen LogP contribution in [0.25, 0.3) is 0 Å². The number of nitrogens with zero attached hydrogens (tertiary/aromatic N) is 2. The molecule has 1 amide bonds. The van der Waals surface area contributed by atoms with Crippen LogP contribution < -0.4 is 5.32 Å². The van der Waals surface area contributed by atoms with E-state index >= 15 is 0 Å². The largest absolute Gasteiger partial charge is 0.465 e. The molecule has 1 fully saturated rings. The molecule has 106 valence electrons. The number of hydrogen-bond donors (Lipinski definition) is 1. The third-order valence-corrected chi connectivity index (χ3v) is 3.65. The van der Waals surface area contributed by atoms with Crippen molar-refractivity contribution in [2.24, 2.45) is 0 Å². The van der Waals surface area contributed by atoms with Crippen LogP contribution in [0.5, 0.6) is 0 Å². The second kappa shape index (κ2) is 6.21. The Hall–Kier alpha value is -1.33. The Balaban J connectivity index is 1.90. The standard InChI is InChI=1S/C14H23N3O2/c1-11-4-5-13(19-11)10-16(3)12(2)14(18)17-8-6-15-7-9-17/h4-5,12,15H,6-10H2,1-3H3. The number of rotatable bonds is 4. The second-order valence-electron chi connectivity index (χ2n) is 5.18. The summed E-state index contributed by atoms with van der Waals surface area (Å²) < 4.78 is 5.55. The molecule has 5 nitrogen and oxygen atoms in total. The fourth-order valence-electron chi connectivity index (χ4n) is 2.29. The number of carbonyl (C=O) groups is 1. The summed E-state index contributed by atoms with van der Waals surface area (Å²) >= 11 is 0. The van der Waals surface area contributed by atoms with E-state index < -0.39 is 0 Å². The molecule has 0 aliphatic carbocycles. The summed E-state index contributed by atoms with van der Waals surface area (Å²) in [6.45, 7) is 7.93. The van der Waals surface area contributed by atoms with Crippen molar-refractivity contribution in [1.29, 1.82) is 0 Å². The average Bonchev–Trinajstić information content (AvgIpc) is 2.83. The predicted octanol–water partition coefficient (Wildman–Crippen LogP) is 0.840. The van der Waals surface area contributed by atoms with Gasteiger partial charge in [-0.25, -0.2) is 0 Å². The maximum Gasteiger partial charge on any atom is 0.239 e. The van der Waals surface area contributed by atoms with Crippen LogP contribution in [0.1, 0.15) is 18.4 Å². The Bertz CT molecular complexity index is 424. The Labute approximate surface area is 114 Å². The number of piperazine rings is 1. The van der Waals surface area contributed by atoms with Gasteiger partial charge < -0.3 is 14.6 Å². The zero-order valence-electron chi connectivity index (χ0n) is 12.0. The van der Waals surface area contributed by atoms with E-state index in [0.717, 1.165) is 37.7 Å². The Morgan fingerprint density at radius 3 is 2.74 bits per heavy atom. The van der Waals surface area contributed by atoms with Crippen LogP contribution in [0, 0.1) is 6.92 Å². The summed E-state index contributed by atoms with van der Waals surface area (Å²) in [6, 6.07) is 3.79. The molecule has 0 spiro atoms. The molecular weight excluding hydrogens is 242 g/mol. The zero-order valence-corrected chi connectivity index (χ0v) is 12.0. The van der Waals surface area contributed by atoms with Gasteiger partial charge >= 0.3 is 0 Å². The lowest BCUT2D eigenvalue weighted by atomic mass is 10.2. The number of carbonyl (C=O) groups excluding carboxylic acids is 1. The molecule has 19 heavy (non-hydrogen) atoms. The summed E-state index contributed by atoms with van der Waals surface area (Å²) in [6.07, 6.45) is 0. The lowest BCUT2D eigenvalue weighted by molar-refractivity contribution is -0.136. The summed E-state index contributed by atoms with van der Waals surface area (Å²) in [5, 5.41) is 3.26. The van der Waals surface area contributed by atoms with E-state index in [-0.39, 0.29) is 11.9 Å². The van der Waals surface area contributed by atoms with Crippen molar-refractivity contribution in [2.45, 2.75) is 26.4 Å². The molecule has 0 saturated carbocycles. The van der Waals surface area contributed by atoms with Gasteiger partial charge in [0.1, 0.15) is 11.5 Å². The number of nitrogens with one attached hydrogen (secondary N) is 1. The first kappa shape index (κ1) is 14.1. The molecule has 0 aromatic carbocycles. The smallest absolute Gasteiger partial charge is 0.239 e. The van der Waals surface area contributed by atoms with Gasteiger partial charge in [-0.2, -0.15) is 0 Å². The van der Waals surface area contributed by atoms with Crippen molar-refractivity contribution in [2.75, 3.05) is 33.2 Å². The average molecular weight is 265 g/mol. The SMILES string of the molecule is Cc1ccc(CN(C)C(C)C(=O)N2CCNCC2)o1. The van der Waals surface area contributed by atoms with Crippen LogP contribution in [0.2, 0.25) is 0 Å². The van der Waals surface area contributed by atoms with Gasteiger partial charge in [-0.05, 0) is 33.0 Å². The minimum Gasteiger partial charge on any atom is -0.465 e. The minimum absolute atomic E-state index is 0.122. The molecule has 1 aliphatic heterocycles. The molecule has 1 unspecified atom stereocenters. The first-order valence-corrected chi connectivity index (χ1v) is 6.83. The van der Waals surface area contributed by atoms with E-state index in [9.17, 15) is 4.79 Å². The zero-order chi connectivity index (χ0) is 13.8. The monoisotopic (exact) mass is 265 g/mol. The number of furan rings is 1. The van der Waals surface area contributed by atoms with Gasteiger partial charge in [-0.3, -0.25) is 9.69 Å². The highest BCUT2D eigenvalue weighted by molar-refractivity contribution is 5.81. The van der Waals surface area contributed by atoms with Crippen LogP contribution in [-0.2, 0) is 11.3 Å². The first-order chi connectivity index (χ1) is 9.08. The molecule has 2 rings (SSSR count). The number of amides is 1. The summed E-state index contributed by atoms with van der Waals surface area (Å²) in [7, 11) is 1.96. The molecule has 1 aliphatic rings. The van der Waals surface area contributed by atoms with Gasteiger partial charge in [0, 0.05) is 26.2 Å². The molecule has 5 heteroatoms. The van der Waals surface area contributed by atoms with Gasteiger partial charge in [0.25, 0.3) is 0 Å². The second-order valence-corrected chi connectivity index (χ2v) is 5.18. The molecule has 2 heterocycles. The van der Waals surface area contributed by atoms with Crippen molar-refractivity contribution in [1.82, 2.24) is 15.1 Å². The van der Waals surface area contributed by atoms with E-state index in [1.165, 1.54) is 0 Å². The molecule has 0 bridgehead atoms. The van der Waals surface area contributed by atoms with Crippen molar-refractivity contribution < 1.29 is 9.21 Å². The molecule has 0 radical (unpaired) electrons. The maximum absolute atomic E-state index is 12.4. The summed E-state index contributed by atoms with van der Waals surface area (Å²) in [5.74, 6) is 2.01. The molecule has 1 saturated heterocycles. The molecule has 1 aromatic rings. The van der Waals surface area contributed by atoms with Crippen LogP contribution in [0.3, 0.4) is 0 Å². The van der Waals surface area contributed by atoms with E-state index in [2.05, 4.69) is 5.32 Å². The Morgan fingerprint density at radius 2 is 2.16 bits per heavy atom. The van der Waals surface area contributed by atoms with E-state index in [4.69, 9.17) is 4.42 Å². The predicted molar refractivity (Wildman–Crippen MR) is 73.8 cm³/mol. The minimum atomic E-state index is -0.122. The third-order valence-electron chi connectivity index (χ3n) is 3.65. The summed E-state index contributed by atoms with van der Waals surface area (Å²) in [5.41, 5.74) is 0. The molecule has 1 atom stereocenters. The highest BCUT2D eigenvalue weighted by atomic mass is 16.3. The third kappa shape index (κ3) is 3.58. The first-order valence-electron chi connectivity index (χ1n) is 6.83. The van der Waals surface area contributed by atoms with Crippen molar-refractivity contribution >= 4 is 5.91 Å². The van der Waals surface area contributed by atoms with Gasteiger partial charge in [-0.15, -0.1) is 0 Å². The van der Waals surface area contributed by atoms with Gasteiger partial charge in [0.2, 0.25) is 5.91 Å². The van der Waals surface area contributed by atoms with Crippen molar-refractivity contribution in [3.8, 4) is 0 Å².